The van der Waals surface area contributed by atoms with Crippen LogP contribution in [0.4, 0.5) is 0 Å². The molecule has 3 N–H and O–H groups in total. The Kier molecular flexibility index (Phi) is 4.39. The summed E-state index contributed by atoms with van der Waals surface area (Å²) in [5, 5.41) is 11.9. The highest BCUT2D eigenvalue weighted by Gasteiger charge is 2.19. The topological polar surface area (TPSA) is 102 Å². The van der Waals surface area contributed by atoms with E-state index in [4.69, 9.17) is 0 Å². The first kappa shape index (κ1) is 14.1. The molecule has 0 saturated carbocycles. The minimum Gasteiger partial charge on any atom is -0.494 e. The third-order valence-corrected chi connectivity index (χ3v) is 3.15. The Morgan fingerprint density at radius 3 is 2.85 bits per heavy atom. The number of amides is 2. The van der Waals surface area contributed by atoms with Gasteiger partial charge in [-0.05, 0) is 12.8 Å². The second-order valence-corrected chi connectivity index (χ2v) is 4.71. The van der Waals surface area contributed by atoms with Gasteiger partial charge in [-0.15, -0.1) is 0 Å². The number of hydrogen-bond donors (Lipinski definition) is 3. The molecule has 0 bridgehead atoms. The lowest BCUT2D eigenvalue weighted by atomic mass is 10.2. The normalized spacial score (nSPS) is 14.6. The van der Waals surface area contributed by atoms with E-state index in [0.29, 0.717) is 25.9 Å². The highest BCUT2D eigenvalue weighted by Crippen LogP contribution is 2.09. The Labute approximate surface area is 115 Å². The quantitative estimate of drug-likeness (QED) is 0.651. The Morgan fingerprint density at radius 1 is 1.40 bits per heavy atom. The lowest BCUT2D eigenvalue weighted by molar-refractivity contribution is -0.127. The van der Waals surface area contributed by atoms with Gasteiger partial charge in [0, 0.05) is 38.2 Å². The predicted molar refractivity (Wildman–Crippen MR) is 71.5 cm³/mol. The van der Waals surface area contributed by atoms with Crippen LogP contribution in [0.5, 0.6) is 5.88 Å². The Balaban J connectivity index is 1.77. The van der Waals surface area contributed by atoms with Gasteiger partial charge in [0.05, 0.1) is 5.56 Å². The predicted octanol–water partition coefficient (Wildman–Crippen LogP) is -0.177. The lowest BCUT2D eigenvalue weighted by Crippen LogP contribution is -2.31. The molecule has 0 unspecified atom stereocenters. The molecule has 0 radical (unpaired) electrons. The van der Waals surface area contributed by atoms with E-state index in [1.165, 1.54) is 6.07 Å². The minimum atomic E-state index is -0.530. The smallest absolute Gasteiger partial charge is 0.251 e. The van der Waals surface area contributed by atoms with Gasteiger partial charge >= 0.3 is 0 Å². The zero-order valence-corrected chi connectivity index (χ0v) is 11.0. The number of hydrogen-bond acceptors (Lipinski definition) is 4. The van der Waals surface area contributed by atoms with Crippen LogP contribution in [0.3, 0.4) is 0 Å². The molecule has 7 nitrogen and oxygen atoms in total. The second-order valence-electron chi connectivity index (χ2n) is 4.71. The number of aromatic amines is 1. The van der Waals surface area contributed by atoms with E-state index >= 15 is 0 Å². The second kappa shape index (κ2) is 6.23. The number of carbonyl (C=O) groups excluding carboxylic acids is 2. The van der Waals surface area contributed by atoms with E-state index in [1.807, 2.05) is 0 Å². The number of nitrogens with zero attached hydrogens (tertiary/aromatic N) is 1. The average Bonchev–Trinajstić information content (AvgIpc) is 2.79. The molecule has 2 heterocycles. The first-order chi connectivity index (χ1) is 9.56. The molecule has 0 spiro atoms. The third-order valence-electron chi connectivity index (χ3n) is 3.15. The molecule has 1 aliphatic heterocycles. The first-order valence-electron chi connectivity index (χ1n) is 6.55. The average molecular weight is 279 g/mol. The largest absolute Gasteiger partial charge is 0.494 e. The van der Waals surface area contributed by atoms with Gasteiger partial charge < -0.3 is 15.3 Å². The Morgan fingerprint density at radius 2 is 2.20 bits per heavy atom. The van der Waals surface area contributed by atoms with Gasteiger partial charge in [-0.1, -0.05) is 0 Å². The van der Waals surface area contributed by atoms with Gasteiger partial charge in [-0.2, -0.15) is 0 Å². The van der Waals surface area contributed by atoms with Crippen molar-refractivity contribution in [3.63, 3.8) is 0 Å². The maximum absolute atomic E-state index is 11.8. The summed E-state index contributed by atoms with van der Waals surface area (Å²) in [4.78, 5) is 38.2. The summed E-state index contributed by atoms with van der Waals surface area (Å²) < 4.78 is 0. The van der Waals surface area contributed by atoms with Crippen LogP contribution in [0.25, 0.3) is 0 Å². The zero-order chi connectivity index (χ0) is 14.5. The van der Waals surface area contributed by atoms with Crippen molar-refractivity contribution in [1.29, 1.82) is 0 Å². The van der Waals surface area contributed by atoms with Gasteiger partial charge in [0.15, 0.2) is 5.88 Å². The van der Waals surface area contributed by atoms with Crippen molar-refractivity contribution >= 4 is 11.8 Å². The number of aromatic hydroxyl groups is 1. The number of likely N-dealkylation sites (tertiary alicyclic amines) is 1. The third kappa shape index (κ3) is 3.59. The molecule has 1 aromatic rings. The summed E-state index contributed by atoms with van der Waals surface area (Å²) in [6.07, 6.45) is 2.17. The molecule has 0 aromatic carbocycles. The van der Waals surface area contributed by atoms with Gasteiger partial charge in [-0.25, -0.2) is 0 Å². The van der Waals surface area contributed by atoms with Crippen LogP contribution >= 0.6 is 0 Å². The number of nitrogens with one attached hydrogen (secondary N) is 2. The molecule has 7 heteroatoms. The molecule has 0 atom stereocenters. The molecule has 1 aliphatic rings. The maximum Gasteiger partial charge on any atom is 0.251 e. The van der Waals surface area contributed by atoms with E-state index in [0.717, 1.165) is 19.0 Å². The van der Waals surface area contributed by atoms with E-state index in [9.17, 15) is 19.5 Å². The monoisotopic (exact) mass is 279 g/mol. The highest BCUT2D eigenvalue weighted by molar-refractivity contribution is 5.94. The fourth-order valence-corrected chi connectivity index (χ4v) is 2.17. The van der Waals surface area contributed by atoms with Gasteiger partial charge in [0.2, 0.25) is 5.91 Å². The van der Waals surface area contributed by atoms with Crippen LogP contribution in [0, 0.1) is 0 Å². The van der Waals surface area contributed by atoms with Gasteiger partial charge in [-0.3, -0.25) is 19.4 Å². The number of carbonyl (C=O) groups is 2. The van der Waals surface area contributed by atoms with Crippen LogP contribution in [0.15, 0.2) is 16.9 Å². The lowest BCUT2D eigenvalue weighted by Gasteiger charge is -2.15. The number of aromatic nitrogens is 1. The number of rotatable bonds is 5. The van der Waals surface area contributed by atoms with Crippen LogP contribution in [-0.4, -0.2) is 46.4 Å². The molecule has 0 aliphatic carbocycles. The van der Waals surface area contributed by atoms with Crippen molar-refractivity contribution in [2.24, 2.45) is 0 Å². The van der Waals surface area contributed by atoms with Crippen molar-refractivity contribution in [3.05, 3.63) is 28.0 Å². The maximum atomic E-state index is 11.8. The van der Waals surface area contributed by atoms with Gasteiger partial charge in [0.25, 0.3) is 11.5 Å². The highest BCUT2D eigenvalue weighted by atomic mass is 16.3. The van der Waals surface area contributed by atoms with E-state index in [-0.39, 0.29) is 17.4 Å². The zero-order valence-electron chi connectivity index (χ0n) is 11.0. The van der Waals surface area contributed by atoms with Crippen molar-refractivity contribution < 1.29 is 14.7 Å². The fourth-order valence-electron chi connectivity index (χ4n) is 2.17. The summed E-state index contributed by atoms with van der Waals surface area (Å²) >= 11 is 0. The standard InChI is InChI=1S/C13H17N3O4/c17-10-7-9(8-11(18)15-10)13(20)14-4-2-6-16-5-1-3-12(16)19/h7-8H,1-6H2,(H,14,20)(H2,15,17,18). The molecule has 2 rings (SSSR count). The summed E-state index contributed by atoms with van der Waals surface area (Å²) in [5.74, 6) is -0.597. The van der Waals surface area contributed by atoms with Crippen molar-refractivity contribution in [3.8, 4) is 5.88 Å². The van der Waals surface area contributed by atoms with Crippen molar-refractivity contribution in [1.82, 2.24) is 15.2 Å². The van der Waals surface area contributed by atoms with Crippen LogP contribution in [-0.2, 0) is 4.79 Å². The minimum absolute atomic E-state index is 0.114. The number of H-pyrrole nitrogens is 1. The fraction of sp³-hybridized carbons (Fsp3) is 0.462. The van der Waals surface area contributed by atoms with Crippen molar-refractivity contribution in [2.75, 3.05) is 19.6 Å². The molecule has 2 amide bonds. The molecule has 1 saturated heterocycles. The van der Waals surface area contributed by atoms with Crippen LogP contribution in [0.2, 0.25) is 0 Å². The Hall–Kier alpha value is -2.31. The molecule has 20 heavy (non-hydrogen) atoms. The van der Waals surface area contributed by atoms with Gasteiger partial charge in [0.1, 0.15) is 0 Å². The Bertz CT molecular complexity index is 567. The summed E-state index contributed by atoms with van der Waals surface area (Å²) in [6.45, 7) is 1.82. The molecule has 1 aromatic heterocycles. The molecule has 108 valence electrons. The summed E-state index contributed by atoms with van der Waals surface area (Å²) in [5.41, 5.74) is -0.415. The van der Waals surface area contributed by atoms with E-state index in [2.05, 4.69) is 10.3 Å². The van der Waals surface area contributed by atoms with Crippen LogP contribution in [0.1, 0.15) is 29.6 Å². The molecular formula is C13H17N3O4. The van der Waals surface area contributed by atoms with Crippen molar-refractivity contribution in [2.45, 2.75) is 19.3 Å². The number of pyridine rings is 1. The van der Waals surface area contributed by atoms with E-state index < -0.39 is 11.5 Å². The van der Waals surface area contributed by atoms with Crippen LogP contribution < -0.4 is 10.9 Å². The first-order valence-corrected chi connectivity index (χ1v) is 6.55. The summed E-state index contributed by atoms with van der Waals surface area (Å²) in [6, 6.07) is 2.32. The summed E-state index contributed by atoms with van der Waals surface area (Å²) in [7, 11) is 0. The molecule has 1 fully saturated rings. The SMILES string of the molecule is O=C(NCCCN1CCCC1=O)c1cc(O)[nH]c(=O)c1. The molecular weight excluding hydrogens is 262 g/mol. The van der Waals surface area contributed by atoms with E-state index in [1.54, 1.807) is 4.90 Å².